The van der Waals surface area contributed by atoms with Gasteiger partial charge in [0, 0.05) is 6.20 Å². The summed E-state index contributed by atoms with van der Waals surface area (Å²) in [7, 11) is 0. The standard InChI is InChI=1S/C43H52N4O16/c1-42(2,3)63-41(57)46-29(37(54)55)34(26-19-47(22-45-26)43(23-13-7-4-8-14-23,24-15-9-5-10-16-24)25-17-11-6-12-18-25)60-39-36(32(52)30(50)27(20-48)59-39)61-38-33(53)35(62-40(44)56)31(51)28(21-49)58-38/h4-19,22,27-36,38-39,48-53H,20-21H2,1-3H3,(H2,44,56)(H,46,57)(H,54,55)/t27-,28+,29-,30+,31+,32-,33-,34-,35-,36-,38+,39-/m0/s1. The lowest BCUT2D eigenvalue weighted by Gasteiger charge is -2.47. The number of carbonyl (C=O) groups is 3. The molecule has 2 aliphatic rings. The molecular formula is C43H52N4O16. The second kappa shape index (κ2) is 19.9. The maximum Gasteiger partial charge on any atom is 0.408 e. The number of aromatic nitrogens is 2. The second-order valence-corrected chi connectivity index (χ2v) is 15.9. The number of amides is 2. The smallest absolute Gasteiger partial charge is 0.408 e. The molecule has 0 aliphatic carbocycles. The van der Waals surface area contributed by atoms with Crippen LogP contribution in [0.3, 0.4) is 0 Å². The van der Waals surface area contributed by atoms with Crippen molar-refractivity contribution in [2.45, 2.75) is 105 Å². The molecule has 1 aromatic heterocycles. The number of rotatable bonds is 15. The van der Waals surface area contributed by atoms with Gasteiger partial charge in [-0.05, 0) is 37.5 Å². The summed E-state index contributed by atoms with van der Waals surface area (Å²) in [5.41, 5.74) is 5.10. The van der Waals surface area contributed by atoms with Gasteiger partial charge in [0.25, 0.3) is 0 Å². The van der Waals surface area contributed by atoms with Crippen molar-refractivity contribution in [2.75, 3.05) is 13.2 Å². The fourth-order valence-corrected chi connectivity index (χ4v) is 7.72. The molecule has 4 aromatic rings. The van der Waals surface area contributed by atoms with Gasteiger partial charge in [0.15, 0.2) is 24.7 Å². The van der Waals surface area contributed by atoms with Gasteiger partial charge < -0.3 is 79.8 Å². The van der Waals surface area contributed by atoms with Gasteiger partial charge in [-0.3, -0.25) is 0 Å². The Labute approximate surface area is 361 Å². The Bertz CT molecular complexity index is 2030. The molecule has 0 radical (unpaired) electrons. The Morgan fingerprint density at radius 2 is 1.27 bits per heavy atom. The zero-order chi connectivity index (χ0) is 45.6. The van der Waals surface area contributed by atoms with Gasteiger partial charge in [-0.15, -0.1) is 0 Å². The molecule has 2 aliphatic heterocycles. The maximum absolute atomic E-state index is 13.3. The second-order valence-electron chi connectivity index (χ2n) is 15.9. The number of carbonyl (C=O) groups excluding carboxylic acids is 2. The van der Waals surface area contributed by atoms with E-state index in [0.29, 0.717) is 0 Å². The molecule has 0 bridgehead atoms. The zero-order valence-corrected chi connectivity index (χ0v) is 34.4. The number of benzene rings is 3. The molecule has 10 N–H and O–H groups in total. The first-order valence-corrected chi connectivity index (χ1v) is 19.9. The summed E-state index contributed by atoms with van der Waals surface area (Å²) in [5, 5.41) is 77.6. The lowest BCUT2D eigenvalue weighted by Crippen LogP contribution is -2.65. The molecule has 63 heavy (non-hydrogen) atoms. The molecular weight excluding hydrogens is 828 g/mol. The number of aliphatic hydroxyl groups excluding tert-OH is 6. The average molecular weight is 881 g/mol. The van der Waals surface area contributed by atoms with Crippen molar-refractivity contribution < 1.29 is 78.6 Å². The van der Waals surface area contributed by atoms with Crippen LogP contribution in [0.15, 0.2) is 104 Å². The van der Waals surface area contributed by atoms with Crippen molar-refractivity contribution in [2.24, 2.45) is 5.73 Å². The summed E-state index contributed by atoms with van der Waals surface area (Å²) < 4.78 is 35.8. The monoisotopic (exact) mass is 880 g/mol. The number of ether oxygens (including phenoxy) is 6. The van der Waals surface area contributed by atoms with Crippen LogP contribution in [0.1, 0.15) is 49.3 Å². The van der Waals surface area contributed by atoms with Crippen LogP contribution in [-0.4, -0.2) is 150 Å². The highest BCUT2D eigenvalue weighted by molar-refractivity contribution is 5.81. The molecule has 0 spiro atoms. The Kier molecular flexibility index (Phi) is 14.8. The van der Waals surface area contributed by atoms with E-state index in [-0.39, 0.29) is 5.69 Å². The number of carboxylic acids is 1. The number of primary amides is 1. The van der Waals surface area contributed by atoms with E-state index in [1.807, 2.05) is 91.0 Å². The number of aliphatic carboxylic acids is 1. The third-order valence-electron chi connectivity index (χ3n) is 10.6. The van der Waals surface area contributed by atoms with Crippen LogP contribution in [0, 0.1) is 0 Å². The normalized spacial score (nSPS) is 27.4. The number of hydrogen-bond acceptors (Lipinski definition) is 16. The van der Waals surface area contributed by atoms with Gasteiger partial charge >= 0.3 is 18.2 Å². The summed E-state index contributed by atoms with van der Waals surface area (Å²) >= 11 is 0. The van der Waals surface area contributed by atoms with Crippen molar-refractivity contribution >= 4 is 18.2 Å². The van der Waals surface area contributed by atoms with Crippen LogP contribution >= 0.6 is 0 Å². The Hall–Kier alpha value is -5.52. The third-order valence-corrected chi connectivity index (χ3v) is 10.6. The fraction of sp³-hybridized carbons (Fsp3) is 0.442. The summed E-state index contributed by atoms with van der Waals surface area (Å²) in [5.74, 6) is -1.65. The molecule has 0 saturated carbocycles. The van der Waals surface area contributed by atoms with Crippen molar-refractivity contribution in [3.05, 3.63) is 126 Å². The number of carboxylic acid groups (broad SMARTS) is 1. The number of nitrogens with one attached hydrogen (secondary N) is 1. The maximum atomic E-state index is 13.3. The minimum absolute atomic E-state index is 0.124. The van der Waals surface area contributed by atoms with Crippen LogP contribution in [0.4, 0.5) is 9.59 Å². The average Bonchev–Trinajstić information content (AvgIpc) is 3.74. The van der Waals surface area contributed by atoms with E-state index in [2.05, 4.69) is 10.3 Å². The first-order valence-electron chi connectivity index (χ1n) is 19.9. The minimum atomic E-state index is -2.05. The number of hydrogen-bond donors (Lipinski definition) is 9. The molecule has 2 amide bonds. The highest BCUT2D eigenvalue weighted by Gasteiger charge is 2.53. The van der Waals surface area contributed by atoms with Crippen molar-refractivity contribution in [1.82, 2.24) is 14.9 Å². The van der Waals surface area contributed by atoms with E-state index in [1.54, 1.807) is 25.3 Å². The van der Waals surface area contributed by atoms with Crippen LogP contribution in [0.5, 0.6) is 0 Å². The molecule has 20 heteroatoms. The number of nitrogens with two attached hydrogens (primary N) is 1. The van der Waals surface area contributed by atoms with Gasteiger partial charge in [0.2, 0.25) is 0 Å². The molecule has 20 nitrogen and oxygen atoms in total. The molecule has 0 unspecified atom stereocenters. The molecule has 3 aromatic carbocycles. The lowest BCUT2D eigenvalue weighted by molar-refractivity contribution is -0.372. The van der Waals surface area contributed by atoms with Crippen LogP contribution in [-0.2, 0) is 38.8 Å². The van der Waals surface area contributed by atoms with Crippen LogP contribution in [0.25, 0.3) is 0 Å². The van der Waals surface area contributed by atoms with Crippen molar-refractivity contribution in [3.63, 3.8) is 0 Å². The first kappa shape index (κ1) is 47.0. The molecule has 6 rings (SSSR count). The third kappa shape index (κ3) is 10.2. The van der Waals surface area contributed by atoms with E-state index >= 15 is 0 Å². The fourth-order valence-electron chi connectivity index (χ4n) is 7.72. The molecule has 2 fully saturated rings. The highest BCUT2D eigenvalue weighted by Crippen LogP contribution is 2.42. The minimum Gasteiger partial charge on any atom is -0.480 e. The van der Waals surface area contributed by atoms with E-state index in [9.17, 15) is 50.1 Å². The van der Waals surface area contributed by atoms with Gasteiger partial charge in [0.1, 0.15) is 60.0 Å². The number of alkyl carbamates (subject to hydrolysis) is 1. The molecule has 340 valence electrons. The molecule has 12 atom stereocenters. The Balaban J connectivity index is 1.49. The number of nitrogens with zero attached hydrogens (tertiary/aromatic N) is 2. The van der Waals surface area contributed by atoms with E-state index < -0.39 is 116 Å². The van der Waals surface area contributed by atoms with Crippen molar-refractivity contribution in [1.29, 1.82) is 0 Å². The topological polar surface area (TPSA) is 304 Å². The van der Waals surface area contributed by atoms with E-state index in [4.69, 9.17) is 34.2 Å². The number of aliphatic hydroxyl groups is 6. The van der Waals surface area contributed by atoms with Gasteiger partial charge in [-0.2, -0.15) is 0 Å². The largest absolute Gasteiger partial charge is 0.480 e. The van der Waals surface area contributed by atoms with E-state index in [1.165, 1.54) is 12.5 Å². The summed E-state index contributed by atoms with van der Waals surface area (Å²) in [6, 6.07) is 26.2. The van der Waals surface area contributed by atoms with Gasteiger partial charge in [-0.25, -0.2) is 19.4 Å². The Morgan fingerprint density at radius 3 is 1.75 bits per heavy atom. The lowest BCUT2D eigenvalue weighted by atomic mass is 9.77. The van der Waals surface area contributed by atoms with Crippen molar-refractivity contribution in [3.8, 4) is 0 Å². The summed E-state index contributed by atoms with van der Waals surface area (Å²) in [4.78, 5) is 42.9. The molecule has 3 heterocycles. The Morgan fingerprint density at radius 1 is 0.762 bits per heavy atom. The SMILES string of the molecule is CC(C)(C)OC(=O)N[C@H](C(=O)O)[C@@H](O[C@@H]1O[C@@H](CO)[C@@H](O)[C@H](O)[C@@H]1O[C@H]1O[C@H](CO)[C@@H](O)[C@H](OC(N)=O)[C@@H]1O)c1cn(C(c2ccccc2)(c2ccccc2)c2ccccc2)cn1. The molecule has 2 saturated heterocycles. The van der Waals surface area contributed by atoms with Gasteiger partial charge in [-0.1, -0.05) is 91.0 Å². The number of imidazole rings is 1. The predicted octanol–water partition coefficient (Wildman–Crippen LogP) is 0.486. The van der Waals surface area contributed by atoms with E-state index in [0.717, 1.165) is 16.7 Å². The summed E-state index contributed by atoms with van der Waals surface area (Å²) in [6.45, 7) is 2.91. The quantitative estimate of drug-likeness (QED) is 0.0734. The van der Waals surface area contributed by atoms with Gasteiger partial charge in [0.05, 0.1) is 25.2 Å². The predicted molar refractivity (Wildman–Crippen MR) is 216 cm³/mol. The first-order chi connectivity index (χ1) is 30.0. The zero-order valence-electron chi connectivity index (χ0n) is 34.4. The summed E-state index contributed by atoms with van der Waals surface area (Å²) in [6.07, 6.45) is -20.2. The van der Waals surface area contributed by atoms with Crippen LogP contribution in [0.2, 0.25) is 0 Å². The highest BCUT2D eigenvalue weighted by atomic mass is 16.8. The van der Waals surface area contributed by atoms with Crippen LogP contribution < -0.4 is 11.1 Å².